The summed E-state index contributed by atoms with van der Waals surface area (Å²) < 4.78 is 26.0. The van der Waals surface area contributed by atoms with Gasteiger partial charge < -0.3 is 5.32 Å². The van der Waals surface area contributed by atoms with Crippen LogP contribution in [0.1, 0.15) is 28.8 Å². The van der Waals surface area contributed by atoms with Crippen molar-refractivity contribution in [2.75, 3.05) is 15.8 Å². The molecule has 0 saturated carbocycles. The zero-order valence-corrected chi connectivity index (χ0v) is 13.9. The van der Waals surface area contributed by atoms with Crippen LogP contribution in [0.3, 0.4) is 0 Å². The number of amides is 1. The highest BCUT2D eigenvalue weighted by atomic mass is 32.2. The number of carbonyl (C=O) groups is 1. The molecule has 0 aliphatic rings. The van der Waals surface area contributed by atoms with Crippen LogP contribution < -0.4 is 10.0 Å². The zero-order valence-electron chi connectivity index (χ0n) is 12.3. The molecular formula is C14H17N3O3S2. The van der Waals surface area contributed by atoms with Crippen LogP contribution in [-0.4, -0.2) is 25.1 Å². The second kappa shape index (κ2) is 6.89. The standard InChI is InChI=1S/C14H17N3O3S2/c1-3-7-22(19,20)17-12-6-4-5-11(8-12)16-14(18)13-9-21-10(2)15-13/h4-6,8-9,17H,3,7H2,1-2H3,(H,16,18). The molecule has 0 aliphatic heterocycles. The average molecular weight is 339 g/mol. The largest absolute Gasteiger partial charge is 0.321 e. The highest BCUT2D eigenvalue weighted by Gasteiger charge is 2.11. The molecule has 0 atom stereocenters. The van der Waals surface area contributed by atoms with Crippen LogP contribution in [-0.2, 0) is 10.0 Å². The van der Waals surface area contributed by atoms with Crippen molar-refractivity contribution >= 4 is 38.6 Å². The predicted octanol–water partition coefficient (Wildman–Crippen LogP) is 2.86. The maximum absolute atomic E-state index is 12.0. The van der Waals surface area contributed by atoms with Gasteiger partial charge in [0.25, 0.3) is 5.91 Å². The van der Waals surface area contributed by atoms with Crippen LogP contribution in [0, 0.1) is 6.92 Å². The summed E-state index contributed by atoms with van der Waals surface area (Å²) >= 11 is 1.40. The predicted molar refractivity (Wildman–Crippen MR) is 88.9 cm³/mol. The molecule has 1 amide bonds. The molecule has 0 unspecified atom stereocenters. The molecule has 1 aromatic heterocycles. The highest BCUT2D eigenvalue weighted by Crippen LogP contribution is 2.18. The Morgan fingerprint density at radius 2 is 2.05 bits per heavy atom. The minimum atomic E-state index is -3.35. The summed E-state index contributed by atoms with van der Waals surface area (Å²) in [7, 11) is -3.35. The first kappa shape index (κ1) is 16.4. The molecule has 0 spiro atoms. The number of thiazole rings is 1. The van der Waals surface area contributed by atoms with Crippen LogP contribution in [0.5, 0.6) is 0 Å². The van der Waals surface area contributed by atoms with Crippen molar-refractivity contribution < 1.29 is 13.2 Å². The van der Waals surface area contributed by atoms with E-state index >= 15 is 0 Å². The fourth-order valence-electron chi connectivity index (χ4n) is 1.82. The van der Waals surface area contributed by atoms with Crippen LogP contribution >= 0.6 is 11.3 Å². The fraction of sp³-hybridized carbons (Fsp3) is 0.286. The fourth-order valence-corrected chi connectivity index (χ4v) is 3.54. The molecule has 0 fully saturated rings. The zero-order chi connectivity index (χ0) is 16.2. The Kier molecular flexibility index (Phi) is 5.15. The van der Waals surface area contributed by atoms with Gasteiger partial charge in [0.05, 0.1) is 16.4 Å². The molecule has 0 radical (unpaired) electrons. The molecule has 1 heterocycles. The van der Waals surface area contributed by atoms with E-state index in [2.05, 4.69) is 15.0 Å². The van der Waals surface area contributed by atoms with E-state index in [1.165, 1.54) is 11.3 Å². The monoisotopic (exact) mass is 339 g/mol. The Hall–Kier alpha value is -1.93. The van der Waals surface area contributed by atoms with Crippen molar-refractivity contribution in [3.63, 3.8) is 0 Å². The molecule has 0 saturated heterocycles. The molecule has 1 aromatic carbocycles. The number of hydrogen-bond acceptors (Lipinski definition) is 5. The Bertz CT molecular complexity index is 769. The lowest BCUT2D eigenvalue weighted by molar-refractivity contribution is 0.102. The number of hydrogen-bond donors (Lipinski definition) is 2. The summed E-state index contributed by atoms with van der Waals surface area (Å²) in [5, 5.41) is 5.19. The smallest absolute Gasteiger partial charge is 0.275 e. The van der Waals surface area contributed by atoms with Gasteiger partial charge in [-0.2, -0.15) is 0 Å². The third-order valence-corrected chi connectivity index (χ3v) is 4.98. The first-order chi connectivity index (χ1) is 10.4. The van der Waals surface area contributed by atoms with E-state index in [1.807, 2.05) is 6.92 Å². The number of nitrogens with one attached hydrogen (secondary N) is 2. The van der Waals surface area contributed by atoms with Crippen molar-refractivity contribution in [2.24, 2.45) is 0 Å². The summed E-state index contributed by atoms with van der Waals surface area (Å²) in [4.78, 5) is 16.1. The minimum absolute atomic E-state index is 0.0572. The first-order valence-corrected chi connectivity index (χ1v) is 9.27. The van der Waals surface area contributed by atoms with Gasteiger partial charge in [0.1, 0.15) is 5.69 Å². The second-order valence-electron chi connectivity index (χ2n) is 4.71. The lowest BCUT2D eigenvalue weighted by atomic mass is 10.3. The van der Waals surface area contributed by atoms with Gasteiger partial charge in [0.15, 0.2) is 0 Å². The number of rotatable bonds is 6. The molecule has 6 nitrogen and oxygen atoms in total. The number of nitrogens with zero attached hydrogens (tertiary/aromatic N) is 1. The summed E-state index contributed by atoms with van der Waals surface area (Å²) in [6.07, 6.45) is 0.537. The van der Waals surface area contributed by atoms with E-state index in [9.17, 15) is 13.2 Å². The van der Waals surface area contributed by atoms with Gasteiger partial charge in [0, 0.05) is 11.1 Å². The topological polar surface area (TPSA) is 88.2 Å². The number of anilines is 2. The van der Waals surface area contributed by atoms with E-state index in [1.54, 1.807) is 36.6 Å². The Morgan fingerprint density at radius 1 is 1.32 bits per heavy atom. The molecule has 2 N–H and O–H groups in total. The molecule has 8 heteroatoms. The summed E-state index contributed by atoms with van der Waals surface area (Å²) in [5.74, 6) is -0.264. The van der Waals surface area contributed by atoms with Gasteiger partial charge >= 0.3 is 0 Å². The SMILES string of the molecule is CCCS(=O)(=O)Nc1cccc(NC(=O)c2csc(C)n2)c1. The van der Waals surface area contributed by atoms with Crippen LogP contribution in [0.4, 0.5) is 11.4 Å². The third kappa shape index (κ3) is 4.54. The summed E-state index contributed by atoms with van der Waals surface area (Å²) in [5.41, 5.74) is 1.27. The average Bonchev–Trinajstić information content (AvgIpc) is 2.85. The number of carbonyl (C=O) groups excluding carboxylic acids is 1. The van der Waals surface area contributed by atoms with Crippen molar-refractivity contribution in [1.29, 1.82) is 0 Å². The lowest BCUT2D eigenvalue weighted by Gasteiger charge is -2.09. The van der Waals surface area contributed by atoms with Gasteiger partial charge in [-0.15, -0.1) is 11.3 Å². The maximum atomic E-state index is 12.0. The van der Waals surface area contributed by atoms with Gasteiger partial charge in [-0.1, -0.05) is 13.0 Å². The number of aryl methyl sites for hydroxylation is 1. The molecular weight excluding hydrogens is 322 g/mol. The number of aromatic nitrogens is 1. The van der Waals surface area contributed by atoms with Crippen molar-refractivity contribution in [3.8, 4) is 0 Å². The van der Waals surface area contributed by atoms with E-state index < -0.39 is 10.0 Å². The van der Waals surface area contributed by atoms with Crippen molar-refractivity contribution in [1.82, 2.24) is 4.98 Å². The molecule has 2 aromatic rings. The summed E-state index contributed by atoms with van der Waals surface area (Å²) in [6, 6.07) is 6.57. The molecule has 0 aliphatic carbocycles. The Morgan fingerprint density at radius 3 is 2.68 bits per heavy atom. The van der Waals surface area contributed by atoms with E-state index in [0.29, 0.717) is 23.5 Å². The van der Waals surface area contributed by atoms with Crippen LogP contribution in [0.25, 0.3) is 0 Å². The number of benzene rings is 1. The van der Waals surface area contributed by atoms with Crippen molar-refractivity contribution in [2.45, 2.75) is 20.3 Å². The molecule has 22 heavy (non-hydrogen) atoms. The van der Waals surface area contributed by atoms with Crippen LogP contribution in [0.15, 0.2) is 29.6 Å². The quantitative estimate of drug-likeness (QED) is 0.847. The van der Waals surface area contributed by atoms with Gasteiger partial charge in [-0.25, -0.2) is 13.4 Å². The van der Waals surface area contributed by atoms with Gasteiger partial charge in [0.2, 0.25) is 10.0 Å². The van der Waals surface area contributed by atoms with Gasteiger partial charge in [-0.3, -0.25) is 9.52 Å². The lowest BCUT2D eigenvalue weighted by Crippen LogP contribution is -2.16. The molecule has 0 bridgehead atoms. The van der Waals surface area contributed by atoms with E-state index in [0.717, 1.165) is 5.01 Å². The minimum Gasteiger partial charge on any atom is -0.321 e. The highest BCUT2D eigenvalue weighted by molar-refractivity contribution is 7.92. The third-order valence-electron chi connectivity index (χ3n) is 2.72. The van der Waals surface area contributed by atoms with E-state index in [4.69, 9.17) is 0 Å². The Balaban J connectivity index is 2.10. The second-order valence-corrected chi connectivity index (χ2v) is 7.61. The number of sulfonamides is 1. The van der Waals surface area contributed by atoms with Crippen LogP contribution in [0.2, 0.25) is 0 Å². The molecule has 2 rings (SSSR count). The summed E-state index contributed by atoms with van der Waals surface area (Å²) in [6.45, 7) is 3.62. The van der Waals surface area contributed by atoms with Gasteiger partial charge in [-0.05, 0) is 31.5 Å². The van der Waals surface area contributed by atoms with Crippen molar-refractivity contribution in [3.05, 3.63) is 40.3 Å². The van der Waals surface area contributed by atoms with E-state index in [-0.39, 0.29) is 11.7 Å². The molecule has 118 valence electrons. The normalized spacial score (nSPS) is 11.2. The maximum Gasteiger partial charge on any atom is 0.275 e. The Labute approximate surface area is 133 Å². The first-order valence-electron chi connectivity index (χ1n) is 6.73.